The van der Waals surface area contributed by atoms with Crippen LogP contribution in [0.15, 0.2) is 47.4 Å². The first-order chi connectivity index (χ1) is 11.8. The summed E-state index contributed by atoms with van der Waals surface area (Å²) in [5.41, 5.74) is 0.409. The molecule has 25 heavy (non-hydrogen) atoms. The van der Waals surface area contributed by atoms with E-state index >= 15 is 0 Å². The Hall–Kier alpha value is -1.76. The zero-order chi connectivity index (χ0) is 18.6. The Morgan fingerprint density at radius 1 is 1.04 bits per heavy atom. The first-order valence-corrected chi connectivity index (χ1v) is 9.73. The van der Waals surface area contributed by atoms with Crippen LogP contribution in [0.5, 0.6) is 5.75 Å². The summed E-state index contributed by atoms with van der Waals surface area (Å²) in [6.45, 7) is 4.91. The highest BCUT2D eigenvalue weighted by Crippen LogP contribution is 2.30. The summed E-state index contributed by atoms with van der Waals surface area (Å²) < 4.78 is 29.8. The van der Waals surface area contributed by atoms with E-state index in [0.29, 0.717) is 23.7 Å². The van der Waals surface area contributed by atoms with Gasteiger partial charge in [0.1, 0.15) is 4.90 Å². The minimum absolute atomic E-state index is 0.0191. The van der Waals surface area contributed by atoms with Crippen LogP contribution < -0.4 is 4.18 Å². The summed E-state index contributed by atoms with van der Waals surface area (Å²) in [5.74, 6) is -0.176. The summed E-state index contributed by atoms with van der Waals surface area (Å²) >= 11 is 11.7. The van der Waals surface area contributed by atoms with Gasteiger partial charge in [-0.15, -0.1) is 0 Å². The molecule has 2 aromatic carbocycles. The second kappa shape index (κ2) is 8.08. The van der Waals surface area contributed by atoms with Gasteiger partial charge in [-0.05, 0) is 56.3 Å². The lowest BCUT2D eigenvalue weighted by Gasteiger charge is -2.18. The molecule has 0 aliphatic heterocycles. The Balaban J connectivity index is 2.24. The average molecular weight is 402 g/mol. The molecule has 0 N–H and O–H groups in total. The maximum atomic E-state index is 12.4. The van der Waals surface area contributed by atoms with Crippen LogP contribution in [0.25, 0.3) is 0 Å². The molecule has 0 aromatic heterocycles. The van der Waals surface area contributed by atoms with E-state index in [9.17, 15) is 13.2 Å². The van der Waals surface area contributed by atoms with E-state index in [-0.39, 0.29) is 21.6 Å². The fourth-order valence-electron chi connectivity index (χ4n) is 2.17. The molecule has 0 bridgehead atoms. The molecule has 5 nitrogen and oxygen atoms in total. The zero-order valence-electron chi connectivity index (χ0n) is 13.7. The van der Waals surface area contributed by atoms with Crippen molar-refractivity contribution in [2.45, 2.75) is 18.7 Å². The van der Waals surface area contributed by atoms with Crippen LogP contribution in [-0.2, 0) is 10.1 Å². The van der Waals surface area contributed by atoms with E-state index in [1.807, 2.05) is 13.8 Å². The fraction of sp³-hybridized carbons (Fsp3) is 0.235. The number of hydrogen-bond donors (Lipinski definition) is 0. The minimum atomic E-state index is -4.07. The van der Waals surface area contributed by atoms with Gasteiger partial charge in [0.25, 0.3) is 5.91 Å². The predicted octanol–water partition coefficient (Wildman–Crippen LogP) is 4.24. The van der Waals surface area contributed by atoms with E-state index < -0.39 is 10.1 Å². The van der Waals surface area contributed by atoms with Gasteiger partial charge in [0.2, 0.25) is 0 Å². The summed E-state index contributed by atoms with van der Waals surface area (Å²) in [7, 11) is -4.07. The third-order valence-electron chi connectivity index (χ3n) is 3.53. The number of hydrogen-bond acceptors (Lipinski definition) is 4. The number of amides is 1. The molecule has 2 rings (SSSR count). The monoisotopic (exact) mass is 401 g/mol. The molecule has 0 atom stereocenters. The Morgan fingerprint density at radius 3 is 2.16 bits per heavy atom. The molecule has 2 aromatic rings. The molecule has 8 heteroatoms. The lowest BCUT2D eigenvalue weighted by atomic mass is 10.2. The normalized spacial score (nSPS) is 11.2. The molecule has 0 heterocycles. The van der Waals surface area contributed by atoms with Crippen molar-refractivity contribution in [3.8, 4) is 5.75 Å². The second-order valence-corrected chi connectivity index (χ2v) is 7.50. The molecule has 0 unspecified atom stereocenters. The lowest BCUT2D eigenvalue weighted by molar-refractivity contribution is 0.0773. The highest BCUT2D eigenvalue weighted by molar-refractivity contribution is 7.87. The first-order valence-electron chi connectivity index (χ1n) is 7.57. The number of halogens is 2. The van der Waals surface area contributed by atoms with Crippen molar-refractivity contribution in [3.05, 3.63) is 58.1 Å². The number of benzene rings is 2. The standard InChI is InChI=1S/C17H17Cl2NO4S/c1-3-20(4-2)17(21)12-5-8-14(9-6-12)25(22,23)24-16-10-7-13(18)11-15(16)19/h5-11H,3-4H2,1-2H3. The van der Waals surface area contributed by atoms with Crippen molar-refractivity contribution in [2.24, 2.45) is 0 Å². The van der Waals surface area contributed by atoms with Gasteiger partial charge < -0.3 is 9.08 Å². The van der Waals surface area contributed by atoms with Gasteiger partial charge >= 0.3 is 10.1 Å². The molecule has 0 aliphatic carbocycles. The third kappa shape index (κ3) is 4.66. The van der Waals surface area contributed by atoms with Crippen LogP contribution >= 0.6 is 23.2 Å². The number of carbonyl (C=O) groups excluding carboxylic acids is 1. The second-order valence-electron chi connectivity index (χ2n) is 5.11. The van der Waals surface area contributed by atoms with Gasteiger partial charge in [0.05, 0.1) is 5.02 Å². The van der Waals surface area contributed by atoms with Gasteiger partial charge in [0.15, 0.2) is 5.75 Å². The van der Waals surface area contributed by atoms with Crippen molar-refractivity contribution in [2.75, 3.05) is 13.1 Å². The Morgan fingerprint density at radius 2 is 1.64 bits per heavy atom. The minimum Gasteiger partial charge on any atom is -0.377 e. The topological polar surface area (TPSA) is 63.7 Å². The van der Waals surface area contributed by atoms with Gasteiger partial charge in [-0.3, -0.25) is 4.79 Å². The number of rotatable bonds is 6. The van der Waals surface area contributed by atoms with Crippen molar-refractivity contribution < 1.29 is 17.4 Å². The summed E-state index contributed by atoms with van der Waals surface area (Å²) in [6.07, 6.45) is 0. The van der Waals surface area contributed by atoms with Crippen LogP contribution in [0.3, 0.4) is 0 Å². The van der Waals surface area contributed by atoms with E-state index in [1.165, 1.54) is 42.5 Å². The maximum absolute atomic E-state index is 12.4. The van der Waals surface area contributed by atoms with Crippen molar-refractivity contribution in [3.63, 3.8) is 0 Å². The lowest BCUT2D eigenvalue weighted by Crippen LogP contribution is -2.30. The predicted molar refractivity (Wildman–Crippen MR) is 98.0 cm³/mol. The van der Waals surface area contributed by atoms with E-state index in [0.717, 1.165) is 0 Å². The van der Waals surface area contributed by atoms with Crippen LogP contribution in [0.1, 0.15) is 24.2 Å². The Bertz CT molecular complexity index is 863. The molecule has 1 amide bonds. The van der Waals surface area contributed by atoms with E-state index in [2.05, 4.69) is 0 Å². The van der Waals surface area contributed by atoms with Crippen LogP contribution in [-0.4, -0.2) is 32.3 Å². The SMILES string of the molecule is CCN(CC)C(=O)c1ccc(S(=O)(=O)Oc2ccc(Cl)cc2Cl)cc1. The smallest absolute Gasteiger partial charge is 0.339 e. The summed E-state index contributed by atoms with van der Waals surface area (Å²) in [5, 5.41) is 0.457. The molecule has 0 aliphatic rings. The van der Waals surface area contributed by atoms with E-state index in [1.54, 1.807) is 4.90 Å². The fourth-order valence-corrected chi connectivity index (χ4v) is 3.61. The molecule has 0 radical (unpaired) electrons. The summed E-state index contributed by atoms with van der Waals surface area (Å²) in [6, 6.07) is 9.82. The number of carbonyl (C=O) groups is 1. The Labute approximate surface area is 157 Å². The summed E-state index contributed by atoms with van der Waals surface area (Å²) in [4.78, 5) is 13.8. The van der Waals surface area contributed by atoms with Crippen LogP contribution in [0, 0.1) is 0 Å². The highest BCUT2D eigenvalue weighted by Gasteiger charge is 2.20. The zero-order valence-corrected chi connectivity index (χ0v) is 16.0. The molecular weight excluding hydrogens is 385 g/mol. The molecule has 0 spiro atoms. The molecule has 134 valence electrons. The van der Waals surface area contributed by atoms with Crippen molar-refractivity contribution in [1.29, 1.82) is 0 Å². The Kier molecular flexibility index (Phi) is 6.32. The average Bonchev–Trinajstić information content (AvgIpc) is 2.58. The number of nitrogens with zero attached hydrogens (tertiary/aromatic N) is 1. The first kappa shape index (κ1) is 19.6. The molecule has 0 fully saturated rings. The van der Waals surface area contributed by atoms with Crippen LogP contribution in [0.4, 0.5) is 0 Å². The van der Waals surface area contributed by atoms with Gasteiger partial charge in [-0.25, -0.2) is 0 Å². The van der Waals surface area contributed by atoms with Crippen molar-refractivity contribution >= 4 is 39.2 Å². The quantitative estimate of drug-likeness (QED) is 0.678. The van der Waals surface area contributed by atoms with Crippen molar-refractivity contribution in [1.82, 2.24) is 4.90 Å². The highest BCUT2D eigenvalue weighted by atomic mass is 35.5. The van der Waals surface area contributed by atoms with Gasteiger partial charge in [0, 0.05) is 23.7 Å². The van der Waals surface area contributed by atoms with Gasteiger partial charge in [-0.2, -0.15) is 8.42 Å². The third-order valence-corrected chi connectivity index (χ3v) is 5.31. The van der Waals surface area contributed by atoms with E-state index in [4.69, 9.17) is 27.4 Å². The largest absolute Gasteiger partial charge is 0.377 e. The maximum Gasteiger partial charge on any atom is 0.339 e. The van der Waals surface area contributed by atoms with Crippen LogP contribution in [0.2, 0.25) is 10.0 Å². The van der Waals surface area contributed by atoms with Gasteiger partial charge in [-0.1, -0.05) is 23.2 Å². The molecular formula is C17H17Cl2NO4S. The molecule has 0 saturated carbocycles. The molecule has 0 saturated heterocycles.